The number of ether oxygens (including phenoxy) is 1. The Bertz CT molecular complexity index is 506. The number of rotatable bonds is 1. The Balaban J connectivity index is 1.95. The predicted octanol–water partition coefficient (Wildman–Crippen LogP) is 3.24. The Morgan fingerprint density at radius 2 is 1.71 bits per heavy atom. The van der Waals surface area contributed by atoms with Crippen LogP contribution in [0.15, 0.2) is 11.9 Å². The molecule has 0 aromatic heterocycles. The van der Waals surface area contributed by atoms with Crippen molar-refractivity contribution in [3.05, 3.63) is 11.9 Å². The Morgan fingerprint density at radius 1 is 1.17 bits per heavy atom. The average molecular weight is 349 g/mol. The van der Waals surface area contributed by atoms with Crippen molar-refractivity contribution in [3.63, 3.8) is 0 Å². The van der Waals surface area contributed by atoms with E-state index in [0.717, 1.165) is 6.20 Å². The standard InChI is InChI=1S/C16H26F3N3O2/c1-15(2,3)24-14(23)22-8-6-11(7-9-22)13-20(4)10-12(21(13)5)16(17,18)19/h10-11,13H,6-9H2,1-5H3. The van der Waals surface area contributed by atoms with Crippen molar-refractivity contribution in [3.8, 4) is 0 Å². The summed E-state index contributed by atoms with van der Waals surface area (Å²) < 4.78 is 44.5. The zero-order valence-corrected chi connectivity index (χ0v) is 14.9. The number of likely N-dealkylation sites (tertiary alicyclic amines) is 1. The van der Waals surface area contributed by atoms with E-state index in [1.54, 1.807) is 16.8 Å². The molecule has 0 spiro atoms. The highest BCUT2D eigenvalue weighted by atomic mass is 19.4. The average Bonchev–Trinajstić information content (AvgIpc) is 2.72. The largest absolute Gasteiger partial charge is 0.444 e. The maximum absolute atomic E-state index is 13.0. The van der Waals surface area contributed by atoms with E-state index in [1.165, 1.54) is 11.9 Å². The molecule has 0 aromatic carbocycles. The molecule has 0 aromatic rings. The number of halogens is 3. The fourth-order valence-electron chi connectivity index (χ4n) is 3.40. The first-order valence-corrected chi connectivity index (χ1v) is 8.12. The molecule has 1 atom stereocenters. The van der Waals surface area contributed by atoms with Gasteiger partial charge < -0.3 is 19.4 Å². The summed E-state index contributed by atoms with van der Waals surface area (Å²) in [7, 11) is 3.15. The van der Waals surface area contributed by atoms with Crippen molar-refractivity contribution in [2.75, 3.05) is 27.2 Å². The van der Waals surface area contributed by atoms with Gasteiger partial charge in [-0.1, -0.05) is 0 Å². The quantitative estimate of drug-likeness (QED) is 0.728. The third kappa shape index (κ3) is 4.08. The summed E-state index contributed by atoms with van der Waals surface area (Å²) in [6, 6.07) is 0. The molecule has 138 valence electrons. The molecular weight excluding hydrogens is 323 g/mol. The van der Waals surface area contributed by atoms with Crippen molar-refractivity contribution >= 4 is 6.09 Å². The summed E-state index contributed by atoms with van der Waals surface area (Å²) in [6.07, 6.45) is -2.58. The molecule has 2 aliphatic rings. The van der Waals surface area contributed by atoms with Crippen molar-refractivity contribution in [1.29, 1.82) is 0 Å². The topological polar surface area (TPSA) is 36.0 Å². The molecule has 1 amide bonds. The van der Waals surface area contributed by atoms with Crippen LogP contribution in [0.5, 0.6) is 0 Å². The maximum atomic E-state index is 13.0. The first kappa shape index (κ1) is 18.7. The molecule has 1 unspecified atom stereocenters. The van der Waals surface area contributed by atoms with Crippen molar-refractivity contribution < 1.29 is 22.7 Å². The molecule has 0 saturated carbocycles. The van der Waals surface area contributed by atoms with Crippen LogP contribution in [-0.2, 0) is 4.74 Å². The fourth-order valence-corrected chi connectivity index (χ4v) is 3.40. The van der Waals surface area contributed by atoms with Gasteiger partial charge in [-0.25, -0.2) is 4.79 Å². The number of carbonyl (C=O) groups excluding carboxylic acids is 1. The van der Waals surface area contributed by atoms with E-state index in [-0.39, 0.29) is 18.2 Å². The van der Waals surface area contributed by atoms with Crippen LogP contribution in [0.4, 0.5) is 18.0 Å². The molecule has 2 rings (SSSR count). The zero-order chi connectivity index (χ0) is 18.3. The fraction of sp³-hybridized carbons (Fsp3) is 0.812. The molecule has 2 aliphatic heterocycles. The molecule has 24 heavy (non-hydrogen) atoms. The summed E-state index contributed by atoms with van der Waals surface area (Å²) in [5, 5.41) is 0. The van der Waals surface area contributed by atoms with Gasteiger partial charge in [0.25, 0.3) is 0 Å². The third-order valence-electron chi connectivity index (χ3n) is 4.42. The summed E-state index contributed by atoms with van der Waals surface area (Å²) >= 11 is 0. The van der Waals surface area contributed by atoms with Crippen molar-refractivity contribution in [1.82, 2.24) is 14.7 Å². The molecule has 2 heterocycles. The van der Waals surface area contributed by atoms with Gasteiger partial charge in [0.1, 0.15) is 17.5 Å². The Morgan fingerprint density at radius 3 is 2.12 bits per heavy atom. The van der Waals surface area contributed by atoms with E-state index < -0.39 is 17.5 Å². The molecule has 5 nitrogen and oxygen atoms in total. The second-order valence-electron chi connectivity index (χ2n) is 7.51. The van der Waals surface area contributed by atoms with Gasteiger partial charge in [-0.2, -0.15) is 13.2 Å². The normalized spacial score (nSPS) is 23.6. The van der Waals surface area contributed by atoms with Crippen molar-refractivity contribution in [2.24, 2.45) is 5.92 Å². The van der Waals surface area contributed by atoms with Crippen molar-refractivity contribution in [2.45, 2.75) is 51.6 Å². The smallest absolute Gasteiger partial charge is 0.432 e. The monoisotopic (exact) mass is 349 g/mol. The number of hydrogen-bond donors (Lipinski definition) is 0. The number of hydrogen-bond acceptors (Lipinski definition) is 4. The van der Waals surface area contributed by atoms with Gasteiger partial charge >= 0.3 is 12.3 Å². The summed E-state index contributed by atoms with van der Waals surface area (Å²) in [5.74, 6) is 0.0646. The van der Waals surface area contributed by atoms with E-state index >= 15 is 0 Å². The van der Waals surface area contributed by atoms with E-state index in [0.29, 0.717) is 25.9 Å². The number of alkyl halides is 3. The first-order valence-electron chi connectivity index (χ1n) is 8.12. The molecule has 0 aliphatic carbocycles. The van der Waals surface area contributed by atoms with Crippen LogP contribution in [0.3, 0.4) is 0 Å². The third-order valence-corrected chi connectivity index (χ3v) is 4.42. The van der Waals surface area contributed by atoms with E-state index in [4.69, 9.17) is 4.74 Å². The molecule has 1 saturated heterocycles. The number of nitrogens with zero attached hydrogens (tertiary/aromatic N) is 3. The maximum Gasteiger partial charge on any atom is 0.432 e. The molecule has 0 bridgehead atoms. The van der Waals surface area contributed by atoms with Gasteiger partial charge in [-0.15, -0.1) is 0 Å². The second kappa shape index (κ2) is 6.37. The molecule has 0 N–H and O–H groups in total. The lowest BCUT2D eigenvalue weighted by Gasteiger charge is -2.41. The van der Waals surface area contributed by atoms with Gasteiger partial charge in [0.15, 0.2) is 0 Å². The second-order valence-corrected chi connectivity index (χ2v) is 7.51. The summed E-state index contributed by atoms with van der Waals surface area (Å²) in [4.78, 5) is 16.6. The zero-order valence-electron chi connectivity index (χ0n) is 14.9. The molecule has 0 radical (unpaired) electrons. The summed E-state index contributed by atoms with van der Waals surface area (Å²) in [6.45, 7) is 6.43. The van der Waals surface area contributed by atoms with E-state index in [2.05, 4.69) is 0 Å². The molecular formula is C16H26F3N3O2. The highest BCUT2D eigenvalue weighted by Gasteiger charge is 2.46. The minimum absolute atomic E-state index is 0.0646. The van der Waals surface area contributed by atoms with Gasteiger partial charge in [-0.05, 0) is 33.6 Å². The van der Waals surface area contributed by atoms with Crippen LogP contribution in [-0.4, -0.2) is 65.9 Å². The highest BCUT2D eigenvalue weighted by Crippen LogP contribution is 2.38. The lowest BCUT2D eigenvalue weighted by molar-refractivity contribution is -0.112. The van der Waals surface area contributed by atoms with Crippen LogP contribution in [0, 0.1) is 5.92 Å². The number of piperidine rings is 1. The van der Waals surface area contributed by atoms with E-state index in [9.17, 15) is 18.0 Å². The SMILES string of the molecule is CN1C=C(C(F)(F)F)N(C)C1C1CCN(C(=O)OC(C)(C)C)CC1. The Labute approximate surface area is 141 Å². The predicted molar refractivity (Wildman–Crippen MR) is 84.0 cm³/mol. The highest BCUT2D eigenvalue weighted by molar-refractivity contribution is 5.68. The lowest BCUT2D eigenvalue weighted by atomic mass is 9.93. The van der Waals surface area contributed by atoms with Crippen LogP contribution in [0.25, 0.3) is 0 Å². The van der Waals surface area contributed by atoms with Gasteiger partial charge in [-0.3, -0.25) is 0 Å². The van der Waals surface area contributed by atoms with Gasteiger partial charge in [0, 0.05) is 39.3 Å². The van der Waals surface area contributed by atoms with Crippen LogP contribution >= 0.6 is 0 Å². The lowest BCUT2D eigenvalue weighted by Crippen LogP contribution is -2.49. The van der Waals surface area contributed by atoms with Crippen LogP contribution in [0.2, 0.25) is 0 Å². The minimum atomic E-state index is -4.35. The van der Waals surface area contributed by atoms with Gasteiger partial charge in [0.2, 0.25) is 0 Å². The first-order chi connectivity index (χ1) is 10.9. The molecule has 8 heteroatoms. The summed E-state index contributed by atoms with van der Waals surface area (Å²) in [5.41, 5.74) is -1.17. The van der Waals surface area contributed by atoms with E-state index in [1.807, 2.05) is 20.8 Å². The Kier molecular flexibility index (Phi) is 4.97. The van der Waals surface area contributed by atoms with Crippen LogP contribution < -0.4 is 0 Å². The number of amides is 1. The number of carbonyl (C=O) groups is 1. The molecule has 1 fully saturated rings. The number of allylic oxidation sites excluding steroid dienone is 1. The Hall–Kier alpha value is -1.60. The minimum Gasteiger partial charge on any atom is -0.444 e. The van der Waals surface area contributed by atoms with Crippen LogP contribution in [0.1, 0.15) is 33.6 Å². The van der Waals surface area contributed by atoms with Gasteiger partial charge in [0.05, 0.1) is 0 Å².